The van der Waals surface area contributed by atoms with E-state index in [0.717, 1.165) is 19.3 Å². The number of rotatable bonds is 24. The molecule has 5 N–H and O–H groups in total. The summed E-state index contributed by atoms with van der Waals surface area (Å²) in [7, 11) is -4.34. The van der Waals surface area contributed by atoms with E-state index in [1.165, 1.54) is 107 Å². The van der Waals surface area contributed by atoms with Crippen LogP contribution in [0.2, 0.25) is 0 Å². The molecule has 2 aromatic heterocycles. The number of ether oxygens (including phenoxy) is 1. The second kappa shape index (κ2) is 19.7. The summed E-state index contributed by atoms with van der Waals surface area (Å²) in [5, 5.41) is 21.0. The molecule has 13 heteroatoms. The maximum Gasteiger partial charge on any atom is 0.472 e. The van der Waals surface area contributed by atoms with Crippen molar-refractivity contribution in [3.05, 3.63) is 12.7 Å². The number of aromatic nitrogens is 4. The van der Waals surface area contributed by atoms with Gasteiger partial charge in [-0.15, -0.1) is 0 Å². The molecule has 1 fully saturated rings. The molecule has 0 spiro atoms. The molecule has 3 rings (SSSR count). The average Bonchev–Trinajstić information content (AvgIpc) is 3.54. The third kappa shape index (κ3) is 12.3. The van der Waals surface area contributed by atoms with Gasteiger partial charge in [0.2, 0.25) is 0 Å². The van der Waals surface area contributed by atoms with Crippen LogP contribution >= 0.6 is 7.82 Å². The number of fused-ring (bicyclic) bond motifs is 1. The number of imidazole rings is 1. The summed E-state index contributed by atoms with van der Waals surface area (Å²) in [6.45, 7) is 1.93. The van der Waals surface area contributed by atoms with E-state index < -0.39 is 39.0 Å². The predicted molar refractivity (Wildman–Crippen MR) is 166 cm³/mol. The van der Waals surface area contributed by atoms with Gasteiger partial charge in [-0.2, -0.15) is 0 Å². The normalized spacial score (nSPS) is 22.0. The summed E-state index contributed by atoms with van der Waals surface area (Å²) in [6.07, 6.45) is 20.6. The summed E-state index contributed by atoms with van der Waals surface area (Å²) in [5.41, 5.74) is 6.47. The lowest BCUT2D eigenvalue weighted by Crippen LogP contribution is -2.33. The van der Waals surface area contributed by atoms with Gasteiger partial charge in [-0.25, -0.2) is 19.5 Å². The van der Waals surface area contributed by atoms with Crippen molar-refractivity contribution < 1.29 is 33.5 Å². The van der Waals surface area contributed by atoms with Crippen molar-refractivity contribution in [2.75, 3.05) is 18.9 Å². The van der Waals surface area contributed by atoms with Crippen molar-refractivity contribution in [2.45, 2.75) is 147 Å². The number of aliphatic hydroxyl groups excluding tert-OH is 2. The molecule has 1 aliphatic heterocycles. The van der Waals surface area contributed by atoms with Crippen LogP contribution in [-0.2, 0) is 18.3 Å². The first-order chi connectivity index (χ1) is 20.8. The molecule has 12 nitrogen and oxygen atoms in total. The van der Waals surface area contributed by atoms with E-state index in [4.69, 9.17) is 19.5 Å². The lowest BCUT2D eigenvalue weighted by atomic mass is 10.0. The molecule has 0 radical (unpaired) electrons. The minimum absolute atomic E-state index is 0.105. The summed E-state index contributed by atoms with van der Waals surface area (Å²) in [4.78, 5) is 22.2. The number of anilines is 1. The topological polar surface area (TPSA) is 175 Å². The van der Waals surface area contributed by atoms with Gasteiger partial charge in [-0.05, 0) is 6.42 Å². The summed E-state index contributed by atoms with van der Waals surface area (Å²) >= 11 is 0. The zero-order chi connectivity index (χ0) is 30.9. The van der Waals surface area contributed by atoms with Crippen LogP contribution in [0.4, 0.5) is 5.82 Å². The number of unbranched alkanes of at least 4 members (excludes halogenated alkanes) is 17. The first-order valence-electron chi connectivity index (χ1n) is 16.4. The van der Waals surface area contributed by atoms with E-state index in [-0.39, 0.29) is 12.4 Å². The smallest absolute Gasteiger partial charge is 0.387 e. The molecule has 0 amide bonds. The maximum atomic E-state index is 12.3. The van der Waals surface area contributed by atoms with Crippen molar-refractivity contribution in [3.63, 3.8) is 0 Å². The Morgan fingerprint density at radius 2 is 1.35 bits per heavy atom. The van der Waals surface area contributed by atoms with E-state index in [1.807, 2.05) is 0 Å². The van der Waals surface area contributed by atoms with Crippen LogP contribution in [-0.4, -0.2) is 66.2 Å². The number of nitrogen functional groups attached to an aromatic ring is 1. The Kier molecular flexibility index (Phi) is 16.4. The highest BCUT2D eigenvalue weighted by molar-refractivity contribution is 7.47. The Hall–Kier alpha value is -1.66. The van der Waals surface area contributed by atoms with Crippen molar-refractivity contribution in [2.24, 2.45) is 0 Å². The highest BCUT2D eigenvalue weighted by Crippen LogP contribution is 2.44. The quantitative estimate of drug-likeness (QED) is 0.0770. The van der Waals surface area contributed by atoms with Gasteiger partial charge in [0.15, 0.2) is 17.7 Å². The molecule has 0 bridgehead atoms. The Morgan fingerprint density at radius 1 is 0.814 bits per heavy atom. The van der Waals surface area contributed by atoms with Crippen LogP contribution in [0.15, 0.2) is 12.7 Å². The maximum absolute atomic E-state index is 12.3. The van der Waals surface area contributed by atoms with Gasteiger partial charge >= 0.3 is 7.82 Å². The van der Waals surface area contributed by atoms with E-state index in [0.29, 0.717) is 17.6 Å². The number of hydrogen-bond donors (Lipinski definition) is 4. The first-order valence-corrected chi connectivity index (χ1v) is 17.9. The fraction of sp³-hybridized carbons (Fsp3) is 0.833. The van der Waals surface area contributed by atoms with E-state index in [9.17, 15) is 19.7 Å². The molecule has 1 saturated heterocycles. The van der Waals surface area contributed by atoms with Crippen LogP contribution in [0.3, 0.4) is 0 Å². The molecule has 1 unspecified atom stereocenters. The summed E-state index contributed by atoms with van der Waals surface area (Å²) in [6, 6.07) is 0. The highest BCUT2D eigenvalue weighted by Gasteiger charge is 2.45. The van der Waals surface area contributed by atoms with Gasteiger partial charge in [0.1, 0.15) is 30.2 Å². The molecular formula is C30H54N5O7P. The van der Waals surface area contributed by atoms with Crippen molar-refractivity contribution in [3.8, 4) is 0 Å². The number of nitrogens with two attached hydrogens (primary N) is 1. The van der Waals surface area contributed by atoms with Crippen LogP contribution < -0.4 is 5.73 Å². The second-order valence-corrected chi connectivity index (χ2v) is 13.2. The zero-order valence-corrected chi connectivity index (χ0v) is 26.8. The molecule has 0 aliphatic carbocycles. The summed E-state index contributed by atoms with van der Waals surface area (Å²) in [5.74, 6) is 0.171. The monoisotopic (exact) mass is 627 g/mol. The number of phosphoric ester groups is 1. The predicted octanol–water partition coefficient (Wildman–Crippen LogP) is 6.20. The third-order valence-electron chi connectivity index (χ3n) is 8.15. The van der Waals surface area contributed by atoms with E-state index in [2.05, 4.69) is 21.9 Å². The molecule has 0 saturated carbocycles. The minimum Gasteiger partial charge on any atom is -0.387 e. The fourth-order valence-corrected chi connectivity index (χ4v) is 6.31. The van der Waals surface area contributed by atoms with Gasteiger partial charge in [0.25, 0.3) is 0 Å². The Morgan fingerprint density at radius 3 is 1.91 bits per heavy atom. The van der Waals surface area contributed by atoms with Crippen LogP contribution in [0.25, 0.3) is 11.2 Å². The second-order valence-electron chi connectivity index (χ2n) is 11.7. The molecule has 43 heavy (non-hydrogen) atoms. The van der Waals surface area contributed by atoms with Gasteiger partial charge in [0.05, 0.1) is 19.5 Å². The molecule has 1 aliphatic rings. The van der Waals surface area contributed by atoms with Gasteiger partial charge < -0.3 is 25.6 Å². The number of hydrogen-bond acceptors (Lipinski definition) is 10. The average molecular weight is 628 g/mol. The van der Waals surface area contributed by atoms with Crippen LogP contribution in [0.5, 0.6) is 0 Å². The van der Waals surface area contributed by atoms with E-state index >= 15 is 0 Å². The highest BCUT2D eigenvalue weighted by atomic mass is 31.2. The molecule has 0 aromatic carbocycles. The lowest BCUT2D eigenvalue weighted by Gasteiger charge is -2.17. The molecule has 2 aromatic rings. The van der Waals surface area contributed by atoms with Gasteiger partial charge in [0, 0.05) is 0 Å². The van der Waals surface area contributed by atoms with Gasteiger partial charge in [-0.3, -0.25) is 13.6 Å². The van der Waals surface area contributed by atoms with Crippen LogP contribution in [0, 0.1) is 0 Å². The zero-order valence-electron chi connectivity index (χ0n) is 25.9. The number of phosphoric acid groups is 1. The Labute approximate surface area is 256 Å². The van der Waals surface area contributed by atoms with Crippen LogP contribution in [0.1, 0.15) is 129 Å². The Balaban J connectivity index is 1.17. The minimum atomic E-state index is -4.34. The number of aliphatic hydroxyl groups is 2. The first kappa shape index (κ1) is 35.8. The third-order valence-corrected chi connectivity index (χ3v) is 9.14. The fourth-order valence-electron chi connectivity index (χ4n) is 5.54. The van der Waals surface area contributed by atoms with E-state index in [1.54, 1.807) is 0 Å². The van der Waals surface area contributed by atoms with Crippen molar-refractivity contribution in [1.82, 2.24) is 19.5 Å². The lowest BCUT2D eigenvalue weighted by molar-refractivity contribution is -0.0514. The summed E-state index contributed by atoms with van der Waals surface area (Å²) < 4.78 is 29.6. The molecular weight excluding hydrogens is 573 g/mol. The standard InChI is InChI=1S/C30H54N5O7P/c1-2-3-4-5-6-7-8-9-10-11-12-13-14-15-16-17-18-19-20-40-43(38,39)41-21-24-26(36)27(37)30(42-24)35-23-34-25-28(31)32-22-33-29(25)35/h22-24,26-27,30,36-37H,2-21H2,1H3,(H,38,39)(H2,31,32,33)/t24-,26-,27+,30-/m1/s1. The molecule has 246 valence electrons. The Bertz CT molecular complexity index is 1090. The van der Waals surface area contributed by atoms with Gasteiger partial charge in [-0.1, -0.05) is 116 Å². The molecule has 3 heterocycles. The number of nitrogens with zero attached hydrogens (tertiary/aromatic N) is 4. The van der Waals surface area contributed by atoms with Crippen molar-refractivity contribution >= 4 is 24.8 Å². The largest absolute Gasteiger partial charge is 0.472 e. The molecule has 5 atom stereocenters. The SMILES string of the molecule is CCCCCCCCCCCCCCCCCCCCOP(=O)(O)OC[C@H]1O[C@@H](n2cnc3c(N)ncnc32)[C@@H](O)[C@@H]1O. The van der Waals surface area contributed by atoms with Crippen molar-refractivity contribution in [1.29, 1.82) is 0 Å².